The van der Waals surface area contributed by atoms with Gasteiger partial charge in [0.25, 0.3) is 0 Å². The molecule has 2 aliphatic carbocycles. The Bertz CT molecular complexity index is 1390. The maximum atomic E-state index is 11.8. The largest absolute Gasteiger partial charge is 2.00 e. The van der Waals surface area contributed by atoms with Crippen molar-refractivity contribution in [1.29, 1.82) is 0 Å². The van der Waals surface area contributed by atoms with Gasteiger partial charge in [-0.25, -0.2) is 0 Å². The first-order chi connectivity index (χ1) is 19.1. The van der Waals surface area contributed by atoms with Crippen molar-refractivity contribution in [2.24, 2.45) is 21.8 Å². The summed E-state index contributed by atoms with van der Waals surface area (Å²) in [5.74, 6) is 0.428. The van der Waals surface area contributed by atoms with Crippen LogP contribution in [0, 0.1) is 39.5 Å². The zero-order chi connectivity index (χ0) is 30.3. The third-order valence-corrected chi connectivity index (χ3v) is 8.54. The van der Waals surface area contributed by atoms with Crippen molar-refractivity contribution in [1.82, 2.24) is 0 Å². The molecular weight excluding hydrogens is 563 g/mol. The van der Waals surface area contributed by atoms with E-state index in [1.165, 1.54) is 59.0 Å². The molecule has 3 aromatic carbocycles. The first-order valence-corrected chi connectivity index (χ1v) is 14.9. The number of nitrogens with zero attached hydrogens (tertiary/aromatic N) is 2. The van der Waals surface area contributed by atoms with E-state index in [1.54, 1.807) is 0 Å². The summed E-state index contributed by atoms with van der Waals surface area (Å²) in [6.45, 7) is 20.6. The molecule has 2 bridgehead atoms. The minimum absolute atomic E-state index is 0. The number of aryl methyl sites for hydroxylation is 4. The summed E-state index contributed by atoms with van der Waals surface area (Å²) in [5, 5.41) is 23.4. The first kappa shape index (κ1) is 33.6. The molecule has 0 amide bonds. The van der Waals surface area contributed by atoms with E-state index < -0.39 is 5.75 Å². The van der Waals surface area contributed by atoms with E-state index in [0.717, 1.165) is 16.9 Å². The van der Waals surface area contributed by atoms with E-state index in [-0.39, 0.29) is 33.1 Å². The molecule has 2 atom stereocenters. The van der Waals surface area contributed by atoms with Crippen molar-refractivity contribution < 1.29 is 26.7 Å². The SMILES string of the molecule is CC(C)(C)c1cc([O-])c([O-])c(C(C)(C)C)c1.Cc1cccc(C)c1N=C1C(=Nc2c(C)cccc2C)C2CCC1C2.[Ni+2]. The van der Waals surface area contributed by atoms with Crippen molar-refractivity contribution >= 4 is 22.8 Å². The molecule has 226 valence electrons. The molecule has 0 aromatic heterocycles. The minimum Gasteiger partial charge on any atom is -0.873 e. The third-order valence-electron chi connectivity index (χ3n) is 8.54. The monoisotopic (exact) mass is 608 g/mol. The Kier molecular flexibility index (Phi) is 10.2. The van der Waals surface area contributed by atoms with Gasteiger partial charge in [-0.3, -0.25) is 9.98 Å². The Morgan fingerprint density at radius 3 is 1.40 bits per heavy atom. The fraction of sp³-hybridized carbons (Fsp3) is 0.459. The molecule has 2 unspecified atom stereocenters. The van der Waals surface area contributed by atoms with Crippen LogP contribution in [0.2, 0.25) is 0 Å². The number of hydrogen-bond donors (Lipinski definition) is 0. The van der Waals surface area contributed by atoms with Crippen molar-refractivity contribution in [3.05, 3.63) is 81.9 Å². The van der Waals surface area contributed by atoms with E-state index in [4.69, 9.17) is 9.98 Å². The zero-order valence-corrected chi connectivity index (χ0v) is 27.9. The Labute approximate surface area is 263 Å². The molecule has 0 heterocycles. The molecule has 0 spiro atoms. The molecule has 0 saturated heterocycles. The van der Waals surface area contributed by atoms with E-state index in [9.17, 15) is 10.2 Å². The second-order valence-corrected chi connectivity index (χ2v) is 14.0. The molecule has 2 saturated carbocycles. The standard InChI is InChI=1S/C23H26N2.C14H22O2.Ni/c1-14-7-5-8-15(2)20(14)24-22-18-11-12-19(13-18)23(22)25-21-16(3)9-6-10-17(21)4;1-13(2,3)9-7-10(14(4,5)6)12(16)11(15)8-9;/h5-10,18-19H,11-13H2,1-4H3;7-8,15-16H,1-6H3;/q;;+2/p-2. The number of hydrogen-bond acceptors (Lipinski definition) is 4. The number of aliphatic imine (C=N–C) groups is 2. The molecule has 5 rings (SSSR count). The molecule has 3 aromatic rings. The number of benzene rings is 3. The van der Waals surface area contributed by atoms with Gasteiger partial charge in [0, 0.05) is 11.8 Å². The van der Waals surface area contributed by atoms with Gasteiger partial charge < -0.3 is 10.2 Å². The summed E-state index contributed by atoms with van der Waals surface area (Å²) in [7, 11) is 0. The van der Waals surface area contributed by atoms with Gasteiger partial charge in [-0.2, -0.15) is 0 Å². The molecular formula is C37H46N2NiO2. The maximum absolute atomic E-state index is 11.8. The Balaban J connectivity index is 0.000000249. The molecule has 4 nitrogen and oxygen atoms in total. The maximum Gasteiger partial charge on any atom is 2.00 e. The molecule has 0 aliphatic heterocycles. The van der Waals surface area contributed by atoms with Gasteiger partial charge in [0.1, 0.15) is 0 Å². The van der Waals surface area contributed by atoms with Crippen LogP contribution < -0.4 is 10.2 Å². The zero-order valence-electron chi connectivity index (χ0n) is 26.9. The molecule has 42 heavy (non-hydrogen) atoms. The quantitative estimate of drug-likeness (QED) is 0.273. The van der Waals surface area contributed by atoms with Crippen LogP contribution in [-0.2, 0) is 27.3 Å². The van der Waals surface area contributed by atoms with Crippen LogP contribution in [0.3, 0.4) is 0 Å². The Morgan fingerprint density at radius 1 is 0.643 bits per heavy atom. The summed E-state index contributed by atoms with van der Waals surface area (Å²) in [6, 6.07) is 16.2. The third kappa shape index (κ3) is 7.17. The predicted molar refractivity (Wildman–Crippen MR) is 170 cm³/mol. The van der Waals surface area contributed by atoms with Crippen LogP contribution in [0.5, 0.6) is 11.5 Å². The Hall–Kier alpha value is -2.91. The molecule has 0 radical (unpaired) electrons. The average Bonchev–Trinajstić information content (AvgIpc) is 3.46. The Morgan fingerprint density at radius 2 is 1.05 bits per heavy atom. The first-order valence-electron chi connectivity index (χ1n) is 14.9. The van der Waals surface area contributed by atoms with Crippen molar-refractivity contribution in [2.75, 3.05) is 0 Å². The van der Waals surface area contributed by atoms with E-state index >= 15 is 0 Å². The fourth-order valence-corrected chi connectivity index (χ4v) is 5.99. The van der Waals surface area contributed by atoms with Gasteiger partial charge in [-0.05, 0) is 85.6 Å². The number of rotatable bonds is 2. The smallest absolute Gasteiger partial charge is 0.873 e. The van der Waals surface area contributed by atoms with Gasteiger partial charge in [0.15, 0.2) is 0 Å². The predicted octanol–water partition coefficient (Wildman–Crippen LogP) is 8.62. The van der Waals surface area contributed by atoms with Crippen molar-refractivity contribution in [3.8, 4) is 11.5 Å². The van der Waals surface area contributed by atoms with Crippen LogP contribution in [-0.4, -0.2) is 11.4 Å². The minimum atomic E-state index is -0.391. The van der Waals surface area contributed by atoms with Crippen molar-refractivity contribution in [3.63, 3.8) is 0 Å². The van der Waals surface area contributed by atoms with Crippen LogP contribution >= 0.6 is 0 Å². The molecule has 5 heteroatoms. The van der Waals surface area contributed by atoms with Crippen LogP contribution in [0.4, 0.5) is 11.4 Å². The van der Waals surface area contributed by atoms with Gasteiger partial charge in [-0.1, -0.05) is 95.6 Å². The number of fused-ring (bicyclic) bond motifs is 2. The van der Waals surface area contributed by atoms with E-state index in [0.29, 0.717) is 17.4 Å². The van der Waals surface area contributed by atoms with Gasteiger partial charge in [0.2, 0.25) is 0 Å². The molecule has 0 N–H and O–H groups in total. The normalized spacial score (nSPS) is 20.0. The molecule has 2 aliphatic rings. The second kappa shape index (κ2) is 12.8. The summed E-state index contributed by atoms with van der Waals surface area (Å²) in [6.07, 6.45) is 3.76. The van der Waals surface area contributed by atoms with Gasteiger partial charge in [-0.15, -0.1) is 11.5 Å². The van der Waals surface area contributed by atoms with E-state index in [1.807, 2.05) is 47.6 Å². The summed E-state index contributed by atoms with van der Waals surface area (Å²) < 4.78 is 0. The second-order valence-electron chi connectivity index (χ2n) is 14.0. The summed E-state index contributed by atoms with van der Waals surface area (Å²) in [5.41, 5.74) is 10.9. The molecule has 2 fully saturated rings. The summed E-state index contributed by atoms with van der Waals surface area (Å²) >= 11 is 0. The van der Waals surface area contributed by atoms with Gasteiger partial charge in [0.05, 0.1) is 22.8 Å². The van der Waals surface area contributed by atoms with Crippen LogP contribution in [0.15, 0.2) is 58.5 Å². The average molecular weight is 609 g/mol. The fourth-order valence-electron chi connectivity index (χ4n) is 5.99. The van der Waals surface area contributed by atoms with Crippen molar-refractivity contribution in [2.45, 2.75) is 99.3 Å². The van der Waals surface area contributed by atoms with Gasteiger partial charge >= 0.3 is 16.5 Å². The van der Waals surface area contributed by atoms with Crippen LogP contribution in [0.1, 0.15) is 94.2 Å². The topological polar surface area (TPSA) is 70.8 Å². The van der Waals surface area contributed by atoms with Crippen LogP contribution in [0.25, 0.3) is 0 Å². The number of para-hydroxylation sites is 2. The van der Waals surface area contributed by atoms with E-state index in [2.05, 4.69) is 64.1 Å². The summed E-state index contributed by atoms with van der Waals surface area (Å²) in [4.78, 5) is 10.3.